The zero-order chi connectivity index (χ0) is 13.2. The third kappa shape index (κ3) is 3.42. The van der Waals surface area contributed by atoms with Gasteiger partial charge in [0.2, 0.25) is 0 Å². The summed E-state index contributed by atoms with van der Waals surface area (Å²) in [6.45, 7) is 3.28. The van der Waals surface area contributed by atoms with Crippen LogP contribution in [-0.2, 0) is 14.8 Å². The number of hydrogen-bond acceptors (Lipinski definition) is 5. The van der Waals surface area contributed by atoms with Crippen LogP contribution in [0.15, 0.2) is 10.4 Å². The molecule has 0 aromatic carbocycles. The number of ether oxygens (including phenoxy) is 1. The van der Waals surface area contributed by atoms with Crippen LogP contribution in [0.25, 0.3) is 0 Å². The Balaban J connectivity index is 2.03. The Morgan fingerprint density at radius 1 is 1.56 bits per heavy atom. The highest BCUT2D eigenvalue weighted by molar-refractivity contribution is 7.91. The van der Waals surface area contributed by atoms with Crippen molar-refractivity contribution in [2.45, 2.75) is 30.0 Å². The number of nitrogens with zero attached hydrogens (tertiary/aromatic N) is 1. The first-order valence-electron chi connectivity index (χ1n) is 5.70. The molecule has 0 radical (unpaired) electrons. The average Bonchev–Trinajstić information content (AvgIpc) is 2.77. The minimum atomic E-state index is -3.51. The summed E-state index contributed by atoms with van der Waals surface area (Å²) in [7, 11) is -3.51. The van der Waals surface area contributed by atoms with E-state index in [1.165, 1.54) is 6.20 Å². The number of sulfonamides is 1. The number of hydrogen-bond donors (Lipinski definition) is 1. The molecule has 1 unspecified atom stereocenters. The van der Waals surface area contributed by atoms with Crippen molar-refractivity contribution < 1.29 is 13.2 Å². The number of thiazole rings is 1. The summed E-state index contributed by atoms with van der Waals surface area (Å²) in [5.41, 5.74) is 0. The van der Waals surface area contributed by atoms with E-state index in [9.17, 15) is 8.42 Å². The predicted octanol–water partition coefficient (Wildman–Crippen LogP) is 1.89. The summed E-state index contributed by atoms with van der Waals surface area (Å²) >= 11 is 6.61. The molecule has 18 heavy (non-hydrogen) atoms. The summed E-state index contributed by atoms with van der Waals surface area (Å²) in [5.74, 6) is 0.317. The molecule has 1 aliphatic heterocycles. The van der Waals surface area contributed by atoms with E-state index in [1.54, 1.807) is 0 Å². The van der Waals surface area contributed by atoms with Crippen LogP contribution in [-0.4, -0.2) is 32.7 Å². The van der Waals surface area contributed by atoms with E-state index in [0.29, 0.717) is 19.1 Å². The van der Waals surface area contributed by atoms with Crippen molar-refractivity contribution in [3.8, 4) is 0 Å². The van der Waals surface area contributed by atoms with E-state index in [4.69, 9.17) is 16.3 Å². The lowest BCUT2D eigenvalue weighted by Crippen LogP contribution is -2.39. The van der Waals surface area contributed by atoms with Crippen LogP contribution in [0.5, 0.6) is 0 Å². The first-order valence-corrected chi connectivity index (χ1v) is 8.38. The predicted molar refractivity (Wildman–Crippen MR) is 70.5 cm³/mol. The van der Waals surface area contributed by atoms with Gasteiger partial charge in [0.05, 0.1) is 6.20 Å². The Labute approximate surface area is 116 Å². The Morgan fingerprint density at radius 2 is 2.22 bits per heavy atom. The molecule has 1 aromatic rings. The standard InChI is InChI=1S/C10H15ClN2O3S2/c1-7(8-2-4-16-5-3-8)13-18(14,15)9-6-12-10(11)17-9/h6-8,13H,2-5H2,1H3. The average molecular weight is 311 g/mol. The Morgan fingerprint density at radius 3 is 2.78 bits per heavy atom. The van der Waals surface area contributed by atoms with Gasteiger partial charge in [-0.15, -0.1) is 0 Å². The molecule has 2 rings (SSSR count). The van der Waals surface area contributed by atoms with Crippen LogP contribution in [0.2, 0.25) is 4.47 Å². The van der Waals surface area contributed by atoms with Crippen molar-refractivity contribution in [3.05, 3.63) is 10.7 Å². The maximum atomic E-state index is 12.1. The minimum absolute atomic E-state index is 0.111. The van der Waals surface area contributed by atoms with Gasteiger partial charge in [0, 0.05) is 19.3 Å². The molecule has 1 aromatic heterocycles. The van der Waals surface area contributed by atoms with Crippen LogP contribution in [0.4, 0.5) is 0 Å². The highest BCUT2D eigenvalue weighted by Crippen LogP contribution is 2.24. The third-order valence-electron chi connectivity index (χ3n) is 3.04. The topological polar surface area (TPSA) is 68.3 Å². The molecule has 0 saturated carbocycles. The van der Waals surface area contributed by atoms with E-state index in [1.807, 2.05) is 6.92 Å². The van der Waals surface area contributed by atoms with E-state index < -0.39 is 10.0 Å². The maximum Gasteiger partial charge on any atom is 0.251 e. The molecular formula is C10H15ClN2O3S2. The zero-order valence-electron chi connectivity index (χ0n) is 9.93. The van der Waals surface area contributed by atoms with Gasteiger partial charge in [0.25, 0.3) is 10.0 Å². The van der Waals surface area contributed by atoms with Gasteiger partial charge in [0.15, 0.2) is 8.68 Å². The molecule has 8 heteroatoms. The largest absolute Gasteiger partial charge is 0.381 e. The van der Waals surface area contributed by atoms with Crippen molar-refractivity contribution in [1.29, 1.82) is 0 Å². The van der Waals surface area contributed by atoms with Crippen molar-refractivity contribution in [2.24, 2.45) is 5.92 Å². The maximum absolute atomic E-state index is 12.1. The number of aromatic nitrogens is 1. The van der Waals surface area contributed by atoms with E-state index >= 15 is 0 Å². The van der Waals surface area contributed by atoms with Crippen LogP contribution in [0.1, 0.15) is 19.8 Å². The molecule has 1 aliphatic rings. The van der Waals surface area contributed by atoms with Crippen LogP contribution < -0.4 is 4.72 Å². The highest BCUT2D eigenvalue weighted by atomic mass is 35.5. The molecule has 1 saturated heterocycles. The molecule has 102 valence electrons. The quantitative estimate of drug-likeness (QED) is 0.922. The summed E-state index contributed by atoms with van der Waals surface area (Å²) in [6, 6.07) is -0.111. The molecule has 0 amide bonds. The van der Waals surface area contributed by atoms with Gasteiger partial charge in [-0.3, -0.25) is 0 Å². The molecule has 1 fully saturated rings. The summed E-state index contributed by atoms with van der Waals surface area (Å²) in [6.07, 6.45) is 3.05. The first-order chi connectivity index (χ1) is 8.49. The highest BCUT2D eigenvalue weighted by Gasteiger charge is 2.26. The summed E-state index contributed by atoms with van der Waals surface area (Å²) in [4.78, 5) is 3.75. The fourth-order valence-corrected chi connectivity index (χ4v) is 4.60. The Kier molecular flexibility index (Phi) is 4.60. The molecular weight excluding hydrogens is 296 g/mol. The monoisotopic (exact) mass is 310 g/mol. The normalized spacial score (nSPS) is 19.9. The summed E-state index contributed by atoms with van der Waals surface area (Å²) < 4.78 is 32.5. The fourth-order valence-electron chi connectivity index (χ4n) is 1.98. The van der Waals surface area contributed by atoms with Crippen LogP contribution >= 0.6 is 22.9 Å². The second kappa shape index (κ2) is 5.83. The molecule has 5 nitrogen and oxygen atoms in total. The minimum Gasteiger partial charge on any atom is -0.381 e. The van der Waals surface area contributed by atoms with Crippen LogP contribution in [0, 0.1) is 5.92 Å². The summed E-state index contributed by atoms with van der Waals surface area (Å²) in [5, 5.41) is 0. The van der Waals surface area contributed by atoms with Gasteiger partial charge in [-0.1, -0.05) is 22.9 Å². The van der Waals surface area contributed by atoms with Crippen molar-refractivity contribution in [2.75, 3.05) is 13.2 Å². The molecule has 1 atom stereocenters. The lowest BCUT2D eigenvalue weighted by atomic mass is 9.94. The molecule has 2 heterocycles. The van der Waals surface area contributed by atoms with Gasteiger partial charge < -0.3 is 4.74 Å². The number of nitrogens with one attached hydrogen (secondary N) is 1. The van der Waals surface area contributed by atoms with Crippen LogP contribution in [0.3, 0.4) is 0 Å². The first kappa shape index (κ1) is 14.2. The Bertz CT molecular complexity index is 497. The third-order valence-corrected chi connectivity index (χ3v) is 6.17. The van der Waals surface area contributed by atoms with Gasteiger partial charge in [-0.25, -0.2) is 18.1 Å². The molecule has 1 N–H and O–H groups in total. The fraction of sp³-hybridized carbons (Fsp3) is 0.700. The SMILES string of the molecule is CC(NS(=O)(=O)c1cnc(Cl)s1)C1CCOCC1. The van der Waals surface area contributed by atoms with Gasteiger partial charge >= 0.3 is 0 Å². The molecule has 0 bridgehead atoms. The Hall–Kier alpha value is -0.210. The number of rotatable bonds is 4. The van der Waals surface area contributed by atoms with Gasteiger partial charge in [-0.2, -0.15) is 0 Å². The molecule has 0 aliphatic carbocycles. The van der Waals surface area contributed by atoms with Crippen molar-refractivity contribution in [1.82, 2.24) is 9.71 Å². The van der Waals surface area contributed by atoms with E-state index in [-0.39, 0.29) is 14.7 Å². The lowest BCUT2D eigenvalue weighted by Gasteiger charge is -2.27. The van der Waals surface area contributed by atoms with Gasteiger partial charge in [-0.05, 0) is 25.7 Å². The van der Waals surface area contributed by atoms with Crippen molar-refractivity contribution in [3.63, 3.8) is 0 Å². The number of halogens is 1. The second-order valence-electron chi connectivity index (χ2n) is 4.29. The van der Waals surface area contributed by atoms with E-state index in [0.717, 1.165) is 24.2 Å². The lowest BCUT2D eigenvalue weighted by molar-refractivity contribution is 0.0586. The van der Waals surface area contributed by atoms with E-state index in [2.05, 4.69) is 9.71 Å². The zero-order valence-corrected chi connectivity index (χ0v) is 12.3. The van der Waals surface area contributed by atoms with Crippen molar-refractivity contribution >= 4 is 33.0 Å². The smallest absolute Gasteiger partial charge is 0.251 e. The van der Waals surface area contributed by atoms with Gasteiger partial charge in [0.1, 0.15) is 0 Å². The molecule has 0 spiro atoms. The second-order valence-corrected chi connectivity index (χ2v) is 7.85.